The second-order valence-corrected chi connectivity index (χ2v) is 5.54. The van der Waals surface area contributed by atoms with Gasteiger partial charge in [-0.2, -0.15) is 18.3 Å². The lowest BCUT2D eigenvalue weighted by Gasteiger charge is -2.13. The number of phenolic OH excluding ortho intramolecular Hbond substituents is 1. The maximum Gasteiger partial charge on any atom is 0.437 e. The number of halogens is 3. The topological polar surface area (TPSA) is 98.1 Å². The summed E-state index contributed by atoms with van der Waals surface area (Å²) in [6.45, 7) is 0.00331. The molecule has 134 valence electrons. The highest BCUT2D eigenvalue weighted by molar-refractivity contribution is 6.70. The third kappa shape index (κ3) is 3.51. The fraction of sp³-hybridized carbons (Fsp3) is 0.118. The van der Waals surface area contributed by atoms with Gasteiger partial charge >= 0.3 is 6.18 Å². The van der Waals surface area contributed by atoms with Crippen molar-refractivity contribution in [3.63, 3.8) is 0 Å². The molecule has 0 fully saturated rings. The molecule has 26 heavy (non-hydrogen) atoms. The van der Waals surface area contributed by atoms with E-state index in [1.54, 1.807) is 30.3 Å². The number of aromatic hydroxyl groups is 1. The number of benzene rings is 2. The fourth-order valence-electron chi connectivity index (χ4n) is 2.38. The summed E-state index contributed by atoms with van der Waals surface area (Å²) in [6.07, 6.45) is -4.78. The normalized spacial score (nSPS) is 16.3. The average Bonchev–Trinajstić information content (AvgIpc) is 2.88. The van der Waals surface area contributed by atoms with Crippen LogP contribution in [0.25, 0.3) is 0 Å². The number of phenols is 1. The molecule has 2 aromatic carbocycles. The van der Waals surface area contributed by atoms with Gasteiger partial charge in [0.05, 0.1) is 17.9 Å². The highest BCUT2D eigenvalue weighted by atomic mass is 19.4. The highest BCUT2D eigenvalue weighted by Crippen LogP contribution is 2.30. The van der Waals surface area contributed by atoms with Crippen molar-refractivity contribution in [1.82, 2.24) is 5.01 Å². The fourth-order valence-corrected chi connectivity index (χ4v) is 2.38. The predicted molar refractivity (Wildman–Crippen MR) is 92.8 cm³/mol. The van der Waals surface area contributed by atoms with E-state index in [1.165, 1.54) is 18.2 Å². The Morgan fingerprint density at radius 2 is 1.85 bits per heavy atom. The molecule has 1 aliphatic rings. The SMILES string of the molecule is N=C1C(=Nc2ccc(O)cc2N)C(C(F)(F)F)=NN1Cc1ccccc1. The van der Waals surface area contributed by atoms with Gasteiger partial charge in [0.15, 0.2) is 11.5 Å². The molecule has 1 aliphatic heterocycles. The first-order chi connectivity index (χ1) is 12.3. The molecule has 0 spiro atoms. The monoisotopic (exact) mass is 361 g/mol. The number of aliphatic imine (C=N–C) groups is 1. The Labute approximate surface area is 146 Å². The molecular formula is C17H14F3N5O. The predicted octanol–water partition coefficient (Wildman–Crippen LogP) is 3.46. The first kappa shape index (κ1) is 17.5. The van der Waals surface area contributed by atoms with E-state index < -0.39 is 23.4 Å². The number of nitrogens with zero attached hydrogens (tertiary/aromatic N) is 3. The summed E-state index contributed by atoms with van der Waals surface area (Å²) in [6, 6.07) is 12.4. The van der Waals surface area contributed by atoms with Crippen molar-refractivity contribution in [1.29, 1.82) is 5.41 Å². The summed E-state index contributed by atoms with van der Waals surface area (Å²) < 4.78 is 40.1. The smallest absolute Gasteiger partial charge is 0.437 e. The van der Waals surface area contributed by atoms with Crippen molar-refractivity contribution in [2.24, 2.45) is 10.1 Å². The number of nitrogen functional groups attached to an aromatic ring is 1. The van der Waals surface area contributed by atoms with Crippen LogP contribution in [0.2, 0.25) is 0 Å². The van der Waals surface area contributed by atoms with Crippen LogP contribution in [0.5, 0.6) is 5.75 Å². The van der Waals surface area contributed by atoms with Crippen LogP contribution in [0, 0.1) is 5.41 Å². The van der Waals surface area contributed by atoms with Crippen LogP contribution in [0.4, 0.5) is 24.5 Å². The van der Waals surface area contributed by atoms with Crippen LogP contribution < -0.4 is 5.73 Å². The van der Waals surface area contributed by atoms with Gasteiger partial charge in [-0.3, -0.25) is 5.41 Å². The summed E-state index contributed by atoms with van der Waals surface area (Å²) in [5, 5.41) is 21.9. The number of alkyl halides is 3. The molecule has 6 nitrogen and oxygen atoms in total. The van der Waals surface area contributed by atoms with Gasteiger partial charge in [0.2, 0.25) is 0 Å². The van der Waals surface area contributed by atoms with Crippen LogP contribution in [0.1, 0.15) is 5.56 Å². The van der Waals surface area contributed by atoms with E-state index in [4.69, 9.17) is 11.1 Å². The summed E-state index contributed by atoms with van der Waals surface area (Å²) in [5.41, 5.74) is 4.52. The molecule has 0 saturated heterocycles. The maximum absolute atomic E-state index is 13.4. The van der Waals surface area contributed by atoms with E-state index in [-0.39, 0.29) is 23.7 Å². The van der Waals surface area contributed by atoms with Gasteiger partial charge in [-0.1, -0.05) is 30.3 Å². The lowest BCUT2D eigenvalue weighted by Crippen LogP contribution is -2.33. The zero-order chi connectivity index (χ0) is 18.9. The Hall–Kier alpha value is -3.36. The van der Waals surface area contributed by atoms with Gasteiger partial charge in [-0.05, 0) is 17.7 Å². The molecule has 4 N–H and O–H groups in total. The van der Waals surface area contributed by atoms with Gasteiger partial charge in [-0.25, -0.2) is 10.0 Å². The van der Waals surface area contributed by atoms with Crippen molar-refractivity contribution in [2.75, 3.05) is 5.73 Å². The molecule has 0 amide bonds. The number of hydrazone groups is 1. The largest absolute Gasteiger partial charge is 0.508 e. The molecular weight excluding hydrogens is 347 g/mol. The van der Waals surface area contributed by atoms with Crippen molar-refractivity contribution in [3.8, 4) is 5.75 Å². The quantitative estimate of drug-likeness (QED) is 0.730. The number of nitrogens with one attached hydrogen (secondary N) is 1. The molecule has 2 aromatic rings. The third-order valence-corrected chi connectivity index (χ3v) is 3.61. The Kier molecular flexibility index (Phi) is 4.37. The standard InChI is InChI=1S/C17H14F3N5O/c18-17(19,20)15-14(23-13-7-6-11(26)8-12(13)21)16(22)25(24-15)9-10-4-2-1-3-5-10/h1-8,22,26H,9,21H2. The Bertz CT molecular complexity index is 906. The van der Waals surface area contributed by atoms with E-state index in [0.717, 1.165) is 5.01 Å². The summed E-state index contributed by atoms with van der Waals surface area (Å²) in [5.74, 6) is -0.614. The van der Waals surface area contributed by atoms with Crippen molar-refractivity contribution < 1.29 is 18.3 Å². The average molecular weight is 361 g/mol. The Balaban J connectivity index is 2.00. The van der Waals surface area contributed by atoms with Crippen LogP contribution in [0.3, 0.4) is 0 Å². The Morgan fingerprint density at radius 1 is 1.15 bits per heavy atom. The number of hydrogen-bond acceptors (Lipinski definition) is 5. The minimum Gasteiger partial charge on any atom is -0.508 e. The second kappa shape index (κ2) is 6.51. The van der Waals surface area contributed by atoms with Gasteiger partial charge in [0.1, 0.15) is 11.5 Å². The molecule has 0 atom stereocenters. The number of rotatable bonds is 3. The highest BCUT2D eigenvalue weighted by Gasteiger charge is 2.46. The first-order valence-corrected chi connectivity index (χ1v) is 7.49. The van der Waals surface area contributed by atoms with E-state index >= 15 is 0 Å². The molecule has 0 saturated carbocycles. The minimum atomic E-state index is -4.78. The van der Waals surface area contributed by atoms with Crippen LogP contribution in [0.15, 0.2) is 58.6 Å². The molecule has 0 bridgehead atoms. The van der Waals surface area contributed by atoms with Crippen molar-refractivity contribution in [2.45, 2.75) is 12.7 Å². The zero-order valence-corrected chi connectivity index (χ0v) is 13.3. The number of anilines is 1. The molecule has 0 aliphatic carbocycles. The number of amidine groups is 1. The lowest BCUT2D eigenvalue weighted by molar-refractivity contribution is -0.0571. The summed E-state index contributed by atoms with van der Waals surface area (Å²) >= 11 is 0. The molecule has 0 aromatic heterocycles. The number of hydrogen-bond donors (Lipinski definition) is 3. The van der Waals surface area contributed by atoms with E-state index in [0.29, 0.717) is 5.56 Å². The van der Waals surface area contributed by atoms with Crippen molar-refractivity contribution in [3.05, 3.63) is 54.1 Å². The van der Waals surface area contributed by atoms with Gasteiger partial charge in [0.25, 0.3) is 0 Å². The molecule has 9 heteroatoms. The van der Waals surface area contributed by atoms with E-state index in [9.17, 15) is 18.3 Å². The van der Waals surface area contributed by atoms with Gasteiger partial charge < -0.3 is 10.8 Å². The Morgan fingerprint density at radius 3 is 2.46 bits per heavy atom. The van der Waals surface area contributed by atoms with Crippen molar-refractivity contribution >= 4 is 28.6 Å². The molecule has 0 radical (unpaired) electrons. The minimum absolute atomic E-state index is 0.00331. The van der Waals surface area contributed by atoms with Crippen LogP contribution in [-0.2, 0) is 6.54 Å². The third-order valence-electron chi connectivity index (χ3n) is 3.61. The second-order valence-electron chi connectivity index (χ2n) is 5.54. The zero-order valence-electron chi connectivity index (χ0n) is 13.3. The summed E-state index contributed by atoms with van der Waals surface area (Å²) in [7, 11) is 0. The van der Waals surface area contributed by atoms with Gasteiger partial charge in [0, 0.05) is 6.07 Å². The number of nitrogens with two attached hydrogens (primary N) is 1. The maximum atomic E-state index is 13.4. The van der Waals surface area contributed by atoms with Gasteiger partial charge in [-0.15, -0.1) is 0 Å². The lowest BCUT2D eigenvalue weighted by atomic mass is 10.2. The van der Waals surface area contributed by atoms with E-state index in [2.05, 4.69) is 10.1 Å². The van der Waals surface area contributed by atoms with Crippen LogP contribution >= 0.6 is 0 Å². The molecule has 3 rings (SSSR count). The molecule has 1 heterocycles. The molecule has 0 unspecified atom stereocenters. The first-order valence-electron chi connectivity index (χ1n) is 7.49. The summed E-state index contributed by atoms with van der Waals surface area (Å²) in [4.78, 5) is 3.88. The van der Waals surface area contributed by atoms with E-state index in [1.807, 2.05) is 0 Å². The van der Waals surface area contributed by atoms with Crippen LogP contribution in [-0.4, -0.2) is 33.6 Å².